The van der Waals surface area contributed by atoms with E-state index in [1.54, 1.807) is 22.7 Å². The second-order valence-corrected chi connectivity index (χ2v) is 7.56. The Labute approximate surface area is 190 Å². The van der Waals surface area contributed by atoms with Crippen molar-refractivity contribution >= 4 is 17.2 Å². The predicted molar refractivity (Wildman–Crippen MR) is 123 cm³/mol. The molecule has 0 saturated heterocycles. The molecule has 0 fully saturated rings. The molecule has 0 aliphatic carbocycles. The van der Waals surface area contributed by atoms with Gasteiger partial charge in [0.25, 0.3) is 11.7 Å². The summed E-state index contributed by atoms with van der Waals surface area (Å²) in [7, 11) is 0. The van der Waals surface area contributed by atoms with Crippen molar-refractivity contribution in [3.8, 4) is 28.4 Å². The van der Waals surface area contributed by atoms with Crippen molar-refractivity contribution < 1.29 is 23.8 Å². The minimum atomic E-state index is -0.677. The number of amides is 1. The SMILES string of the molecule is CCOc1ccc(-c2cc3ccccn3c2C(=O)C(=O)NCc2ccc3c(c2)OCO3)cc1. The number of hydrogen-bond acceptors (Lipinski definition) is 5. The lowest BCUT2D eigenvalue weighted by atomic mass is 10.0. The maximum Gasteiger partial charge on any atom is 0.294 e. The van der Waals surface area contributed by atoms with Crippen LogP contribution in [0.5, 0.6) is 17.2 Å². The summed E-state index contributed by atoms with van der Waals surface area (Å²) in [5, 5.41) is 2.73. The van der Waals surface area contributed by atoms with Crippen molar-refractivity contribution in [1.29, 1.82) is 0 Å². The van der Waals surface area contributed by atoms with Crippen LogP contribution in [0.3, 0.4) is 0 Å². The molecule has 166 valence electrons. The second kappa shape index (κ2) is 8.70. The topological polar surface area (TPSA) is 78.3 Å². The maximum absolute atomic E-state index is 13.3. The Balaban J connectivity index is 1.42. The van der Waals surface area contributed by atoms with E-state index in [4.69, 9.17) is 14.2 Å². The average molecular weight is 442 g/mol. The third kappa shape index (κ3) is 4.01. The normalized spacial score (nSPS) is 12.0. The van der Waals surface area contributed by atoms with Crippen LogP contribution in [-0.4, -0.2) is 29.5 Å². The minimum absolute atomic E-state index is 0.180. The van der Waals surface area contributed by atoms with E-state index in [9.17, 15) is 9.59 Å². The van der Waals surface area contributed by atoms with E-state index in [-0.39, 0.29) is 13.3 Å². The van der Waals surface area contributed by atoms with E-state index in [1.165, 1.54) is 0 Å². The lowest BCUT2D eigenvalue weighted by molar-refractivity contribution is -0.117. The van der Waals surface area contributed by atoms with Gasteiger partial charge >= 0.3 is 0 Å². The molecule has 5 rings (SSSR count). The molecule has 0 unspecified atom stereocenters. The summed E-state index contributed by atoms with van der Waals surface area (Å²) in [4.78, 5) is 26.2. The van der Waals surface area contributed by atoms with Crippen LogP contribution in [0.1, 0.15) is 23.0 Å². The molecule has 1 aliphatic rings. The number of ether oxygens (including phenoxy) is 3. The zero-order valence-corrected chi connectivity index (χ0v) is 18.0. The number of hydrogen-bond donors (Lipinski definition) is 1. The highest BCUT2D eigenvalue weighted by Gasteiger charge is 2.25. The Morgan fingerprint density at radius 3 is 2.64 bits per heavy atom. The van der Waals surface area contributed by atoms with Gasteiger partial charge in [-0.15, -0.1) is 0 Å². The van der Waals surface area contributed by atoms with Crippen LogP contribution in [0.4, 0.5) is 0 Å². The van der Waals surface area contributed by atoms with Gasteiger partial charge in [0.2, 0.25) is 6.79 Å². The zero-order valence-electron chi connectivity index (χ0n) is 18.0. The molecular weight excluding hydrogens is 420 g/mol. The summed E-state index contributed by atoms with van der Waals surface area (Å²) in [6.45, 7) is 2.87. The highest BCUT2D eigenvalue weighted by molar-refractivity contribution is 6.43. The van der Waals surface area contributed by atoms with Gasteiger partial charge in [-0.25, -0.2) is 0 Å². The molecule has 4 aromatic rings. The number of fused-ring (bicyclic) bond motifs is 2. The van der Waals surface area contributed by atoms with Gasteiger partial charge in [0.05, 0.1) is 6.61 Å². The fourth-order valence-corrected chi connectivity index (χ4v) is 3.89. The van der Waals surface area contributed by atoms with Crippen LogP contribution in [0.15, 0.2) is 72.9 Å². The van der Waals surface area contributed by atoms with Crippen molar-refractivity contribution in [2.24, 2.45) is 0 Å². The molecule has 0 spiro atoms. The zero-order chi connectivity index (χ0) is 22.8. The number of rotatable bonds is 7. The number of ketones is 1. The molecule has 0 radical (unpaired) electrons. The van der Waals surface area contributed by atoms with Crippen molar-refractivity contribution in [2.75, 3.05) is 13.4 Å². The van der Waals surface area contributed by atoms with Gasteiger partial charge in [-0.3, -0.25) is 9.59 Å². The first kappa shape index (κ1) is 20.6. The Hall–Kier alpha value is -4.26. The van der Waals surface area contributed by atoms with Crippen LogP contribution >= 0.6 is 0 Å². The third-order valence-corrected chi connectivity index (χ3v) is 5.47. The fourth-order valence-electron chi connectivity index (χ4n) is 3.89. The molecule has 33 heavy (non-hydrogen) atoms. The van der Waals surface area contributed by atoms with Crippen molar-refractivity contribution in [2.45, 2.75) is 13.5 Å². The van der Waals surface area contributed by atoms with E-state index in [2.05, 4.69) is 5.32 Å². The summed E-state index contributed by atoms with van der Waals surface area (Å²) in [5.41, 5.74) is 3.47. The van der Waals surface area contributed by atoms with Gasteiger partial charge in [-0.1, -0.05) is 24.3 Å². The van der Waals surface area contributed by atoms with Gasteiger partial charge in [-0.05, 0) is 60.5 Å². The Bertz CT molecular complexity index is 1340. The van der Waals surface area contributed by atoms with E-state index in [0.717, 1.165) is 22.4 Å². The molecule has 7 nitrogen and oxygen atoms in total. The van der Waals surface area contributed by atoms with Crippen LogP contribution < -0.4 is 19.5 Å². The van der Waals surface area contributed by atoms with E-state index in [1.807, 2.05) is 61.5 Å². The minimum Gasteiger partial charge on any atom is -0.494 e. The van der Waals surface area contributed by atoms with Crippen molar-refractivity contribution in [3.63, 3.8) is 0 Å². The standard InChI is InChI=1S/C26H22N2O5/c1-2-31-20-9-7-18(8-10-20)21-14-19-5-3-4-12-28(19)24(21)25(29)26(30)27-15-17-6-11-22-23(13-17)33-16-32-22/h3-14H,2,15-16H2,1H3,(H,27,30). The van der Waals surface area contributed by atoms with Gasteiger partial charge in [0.1, 0.15) is 11.4 Å². The summed E-state index contributed by atoms with van der Waals surface area (Å²) in [6, 6.07) is 20.4. The van der Waals surface area contributed by atoms with Crippen LogP contribution in [0.25, 0.3) is 16.6 Å². The quantitative estimate of drug-likeness (QED) is 0.342. The summed E-state index contributed by atoms with van der Waals surface area (Å²) in [5.74, 6) is 0.762. The largest absolute Gasteiger partial charge is 0.494 e. The van der Waals surface area contributed by atoms with E-state index in [0.29, 0.717) is 29.4 Å². The fraction of sp³-hybridized carbons (Fsp3) is 0.154. The molecule has 1 amide bonds. The van der Waals surface area contributed by atoms with Crippen molar-refractivity contribution in [1.82, 2.24) is 9.72 Å². The number of Topliss-reactive ketones (excluding diaryl/α,β-unsaturated/α-hetero) is 1. The molecule has 7 heteroatoms. The Morgan fingerprint density at radius 2 is 1.82 bits per heavy atom. The summed E-state index contributed by atoms with van der Waals surface area (Å²) >= 11 is 0. The lowest BCUT2D eigenvalue weighted by Gasteiger charge is -2.09. The van der Waals surface area contributed by atoms with E-state index >= 15 is 0 Å². The first-order chi connectivity index (χ1) is 16.1. The van der Waals surface area contributed by atoms with Crippen LogP contribution in [0.2, 0.25) is 0 Å². The smallest absolute Gasteiger partial charge is 0.294 e. The first-order valence-corrected chi connectivity index (χ1v) is 10.7. The molecule has 2 aromatic carbocycles. The average Bonchev–Trinajstić information content (AvgIpc) is 3.47. The maximum atomic E-state index is 13.3. The summed E-state index contributed by atoms with van der Waals surface area (Å²) in [6.07, 6.45) is 1.78. The van der Waals surface area contributed by atoms with Crippen LogP contribution in [0, 0.1) is 0 Å². The molecule has 3 heterocycles. The van der Waals surface area contributed by atoms with Gasteiger partial charge in [0, 0.05) is 23.8 Å². The highest BCUT2D eigenvalue weighted by Crippen LogP contribution is 2.33. The molecule has 0 bridgehead atoms. The van der Waals surface area contributed by atoms with Gasteiger partial charge in [0.15, 0.2) is 11.5 Å². The molecule has 0 saturated carbocycles. The highest BCUT2D eigenvalue weighted by atomic mass is 16.7. The van der Waals surface area contributed by atoms with E-state index < -0.39 is 11.7 Å². The predicted octanol–water partition coefficient (Wildman–Crippen LogP) is 4.23. The Kier molecular flexibility index (Phi) is 5.44. The number of aromatic nitrogens is 1. The number of nitrogens with zero attached hydrogens (tertiary/aromatic N) is 1. The van der Waals surface area contributed by atoms with Crippen LogP contribution in [-0.2, 0) is 11.3 Å². The van der Waals surface area contributed by atoms with Gasteiger partial charge < -0.3 is 23.9 Å². The molecular formula is C26H22N2O5. The molecule has 0 atom stereocenters. The second-order valence-electron chi connectivity index (χ2n) is 7.56. The summed E-state index contributed by atoms with van der Waals surface area (Å²) < 4.78 is 17.9. The lowest BCUT2D eigenvalue weighted by Crippen LogP contribution is -2.31. The number of carbonyl (C=O) groups is 2. The number of pyridine rings is 1. The van der Waals surface area contributed by atoms with Gasteiger partial charge in [-0.2, -0.15) is 0 Å². The number of carbonyl (C=O) groups excluding carboxylic acids is 2. The van der Waals surface area contributed by atoms with Crippen molar-refractivity contribution in [3.05, 3.63) is 84.2 Å². The molecule has 1 N–H and O–H groups in total. The monoisotopic (exact) mass is 442 g/mol. The first-order valence-electron chi connectivity index (χ1n) is 10.7. The Morgan fingerprint density at radius 1 is 1.00 bits per heavy atom. The third-order valence-electron chi connectivity index (χ3n) is 5.47. The molecule has 2 aromatic heterocycles. The number of benzene rings is 2. The number of nitrogens with one attached hydrogen (secondary N) is 1. The molecule has 1 aliphatic heterocycles.